The molecule has 20 heavy (non-hydrogen) atoms. The van der Waals surface area contributed by atoms with Crippen molar-refractivity contribution in [3.8, 4) is 11.5 Å². The van der Waals surface area contributed by atoms with Crippen molar-refractivity contribution in [3.63, 3.8) is 0 Å². The first-order valence-corrected chi connectivity index (χ1v) is 7.20. The molecule has 3 rings (SSSR count). The number of hydrogen-bond acceptors (Lipinski definition) is 3. The number of nitrogen functional groups attached to an aromatic ring is 1. The van der Waals surface area contributed by atoms with Gasteiger partial charge < -0.3 is 15.4 Å². The smallest absolute Gasteiger partial charge is 0.152 e. The number of hydrogen-bond donors (Lipinski definition) is 1. The highest BCUT2D eigenvalue weighted by Gasteiger charge is 2.16. The lowest BCUT2D eigenvalue weighted by Crippen LogP contribution is -2.29. The van der Waals surface area contributed by atoms with E-state index in [0.29, 0.717) is 0 Å². The number of rotatable bonds is 3. The minimum atomic E-state index is 0.733. The predicted octanol–water partition coefficient (Wildman–Crippen LogP) is 4.05. The third-order valence-corrected chi connectivity index (χ3v) is 3.65. The number of ether oxygens (including phenoxy) is 1. The largest absolute Gasteiger partial charge is 0.455 e. The van der Waals surface area contributed by atoms with Crippen LogP contribution in [0.4, 0.5) is 11.4 Å². The minimum Gasteiger partial charge on any atom is -0.455 e. The Morgan fingerprint density at radius 2 is 1.65 bits per heavy atom. The van der Waals surface area contributed by atoms with Crippen LogP contribution in [0.3, 0.4) is 0 Å². The van der Waals surface area contributed by atoms with Crippen LogP contribution in [0.25, 0.3) is 0 Å². The number of anilines is 2. The third-order valence-electron chi connectivity index (χ3n) is 3.65. The molecule has 0 aromatic heterocycles. The zero-order valence-electron chi connectivity index (χ0n) is 11.6. The van der Waals surface area contributed by atoms with E-state index in [2.05, 4.69) is 11.0 Å². The molecule has 1 saturated heterocycles. The molecule has 0 saturated carbocycles. The van der Waals surface area contributed by atoms with Gasteiger partial charge in [-0.15, -0.1) is 0 Å². The van der Waals surface area contributed by atoms with Crippen molar-refractivity contribution < 1.29 is 4.74 Å². The molecule has 3 heteroatoms. The lowest BCUT2D eigenvalue weighted by Gasteiger charge is -2.30. The van der Waals surface area contributed by atoms with E-state index in [1.165, 1.54) is 19.3 Å². The van der Waals surface area contributed by atoms with Gasteiger partial charge in [-0.1, -0.05) is 18.2 Å². The number of nitrogens with two attached hydrogens (primary N) is 1. The monoisotopic (exact) mass is 268 g/mol. The number of piperidine rings is 1. The molecular formula is C17H20N2O. The topological polar surface area (TPSA) is 38.5 Å². The van der Waals surface area contributed by atoms with Gasteiger partial charge in [0, 0.05) is 24.8 Å². The second-order valence-electron chi connectivity index (χ2n) is 5.19. The Morgan fingerprint density at radius 1 is 0.900 bits per heavy atom. The van der Waals surface area contributed by atoms with Crippen molar-refractivity contribution >= 4 is 11.4 Å². The molecule has 2 aromatic carbocycles. The van der Waals surface area contributed by atoms with Crippen molar-refractivity contribution in [1.82, 2.24) is 0 Å². The van der Waals surface area contributed by atoms with E-state index < -0.39 is 0 Å². The molecule has 0 atom stereocenters. The predicted molar refractivity (Wildman–Crippen MR) is 83.4 cm³/mol. The van der Waals surface area contributed by atoms with E-state index >= 15 is 0 Å². The summed E-state index contributed by atoms with van der Waals surface area (Å²) in [5.41, 5.74) is 7.79. The molecule has 1 aliphatic rings. The Hall–Kier alpha value is -2.16. The molecule has 0 spiro atoms. The van der Waals surface area contributed by atoms with E-state index in [0.717, 1.165) is 36.0 Å². The molecule has 1 aliphatic heterocycles. The van der Waals surface area contributed by atoms with Crippen LogP contribution >= 0.6 is 0 Å². The van der Waals surface area contributed by atoms with Crippen molar-refractivity contribution in [3.05, 3.63) is 48.5 Å². The summed E-state index contributed by atoms with van der Waals surface area (Å²) >= 11 is 0. The Labute approximate surface area is 120 Å². The fourth-order valence-electron chi connectivity index (χ4n) is 2.62. The van der Waals surface area contributed by atoms with E-state index in [9.17, 15) is 0 Å². The molecular weight excluding hydrogens is 248 g/mol. The Balaban J connectivity index is 1.89. The second kappa shape index (κ2) is 5.87. The lowest BCUT2D eigenvalue weighted by atomic mass is 10.1. The van der Waals surface area contributed by atoms with Gasteiger partial charge in [-0.3, -0.25) is 0 Å². The van der Waals surface area contributed by atoms with Gasteiger partial charge >= 0.3 is 0 Å². The summed E-state index contributed by atoms with van der Waals surface area (Å²) < 4.78 is 6.02. The van der Waals surface area contributed by atoms with Gasteiger partial charge in [-0.05, 0) is 43.5 Å². The third kappa shape index (κ3) is 2.87. The van der Waals surface area contributed by atoms with Crippen LogP contribution in [0.1, 0.15) is 19.3 Å². The Bertz CT molecular complexity index is 562. The summed E-state index contributed by atoms with van der Waals surface area (Å²) in [6.45, 7) is 2.18. The zero-order valence-corrected chi connectivity index (χ0v) is 11.6. The molecule has 104 valence electrons. The van der Waals surface area contributed by atoms with Crippen LogP contribution in [0, 0.1) is 0 Å². The van der Waals surface area contributed by atoms with Gasteiger partial charge in [0.15, 0.2) is 5.75 Å². The number of nitrogens with zero attached hydrogens (tertiary/aromatic N) is 1. The van der Waals surface area contributed by atoms with Gasteiger partial charge in [0.25, 0.3) is 0 Å². The highest BCUT2D eigenvalue weighted by Crippen LogP contribution is 2.35. The van der Waals surface area contributed by atoms with E-state index in [1.807, 2.05) is 42.5 Å². The van der Waals surface area contributed by atoms with Crippen LogP contribution in [-0.2, 0) is 0 Å². The number of para-hydroxylation sites is 1. The maximum atomic E-state index is 6.02. The summed E-state index contributed by atoms with van der Waals surface area (Å²) in [6, 6.07) is 15.8. The van der Waals surface area contributed by atoms with Crippen LogP contribution in [-0.4, -0.2) is 13.1 Å². The minimum absolute atomic E-state index is 0.733. The summed E-state index contributed by atoms with van der Waals surface area (Å²) in [5.74, 6) is 1.69. The number of benzene rings is 2. The Kier molecular flexibility index (Phi) is 3.77. The molecule has 0 unspecified atom stereocenters. The molecule has 2 N–H and O–H groups in total. The fraction of sp³-hybridized carbons (Fsp3) is 0.294. The average Bonchev–Trinajstić information content (AvgIpc) is 2.49. The maximum Gasteiger partial charge on any atom is 0.152 e. The molecule has 1 fully saturated rings. The van der Waals surface area contributed by atoms with Crippen molar-refractivity contribution in [2.75, 3.05) is 23.7 Å². The van der Waals surface area contributed by atoms with Gasteiger partial charge in [0.1, 0.15) is 5.75 Å². The highest BCUT2D eigenvalue weighted by molar-refractivity contribution is 5.65. The molecule has 0 bridgehead atoms. The summed E-state index contributed by atoms with van der Waals surface area (Å²) in [4.78, 5) is 2.39. The highest BCUT2D eigenvalue weighted by atomic mass is 16.5. The molecule has 0 aliphatic carbocycles. The molecule has 2 aromatic rings. The maximum absolute atomic E-state index is 6.02. The first kappa shape index (κ1) is 12.9. The van der Waals surface area contributed by atoms with Crippen LogP contribution in [0.15, 0.2) is 48.5 Å². The first-order chi connectivity index (χ1) is 9.83. The summed E-state index contributed by atoms with van der Waals surface area (Å²) in [6.07, 6.45) is 3.81. The van der Waals surface area contributed by atoms with Crippen LogP contribution < -0.4 is 15.4 Å². The van der Waals surface area contributed by atoms with Crippen LogP contribution in [0.2, 0.25) is 0 Å². The summed E-state index contributed by atoms with van der Waals surface area (Å²) in [5, 5.41) is 0. The first-order valence-electron chi connectivity index (χ1n) is 7.20. The van der Waals surface area contributed by atoms with Crippen molar-refractivity contribution in [2.45, 2.75) is 19.3 Å². The molecule has 0 radical (unpaired) electrons. The van der Waals surface area contributed by atoms with Crippen molar-refractivity contribution in [2.24, 2.45) is 0 Å². The lowest BCUT2D eigenvalue weighted by molar-refractivity contribution is 0.477. The van der Waals surface area contributed by atoms with Gasteiger partial charge in [-0.25, -0.2) is 0 Å². The standard InChI is InChI=1S/C17H20N2O/c18-14-9-10-16(19-11-5-2-6-12-19)17(13-14)20-15-7-3-1-4-8-15/h1,3-4,7-10,13H,2,5-6,11-12,18H2. The normalized spacial score (nSPS) is 15.1. The fourth-order valence-corrected chi connectivity index (χ4v) is 2.62. The molecule has 3 nitrogen and oxygen atoms in total. The van der Waals surface area contributed by atoms with Gasteiger partial charge in [0.2, 0.25) is 0 Å². The van der Waals surface area contributed by atoms with E-state index in [-0.39, 0.29) is 0 Å². The quantitative estimate of drug-likeness (QED) is 0.853. The van der Waals surface area contributed by atoms with Gasteiger partial charge in [0.05, 0.1) is 5.69 Å². The molecule has 0 amide bonds. The second-order valence-corrected chi connectivity index (χ2v) is 5.19. The zero-order chi connectivity index (χ0) is 13.8. The Morgan fingerprint density at radius 3 is 2.40 bits per heavy atom. The van der Waals surface area contributed by atoms with Gasteiger partial charge in [-0.2, -0.15) is 0 Å². The van der Waals surface area contributed by atoms with Crippen molar-refractivity contribution in [1.29, 1.82) is 0 Å². The average molecular weight is 268 g/mol. The SMILES string of the molecule is Nc1ccc(N2CCCCC2)c(Oc2ccccc2)c1. The van der Waals surface area contributed by atoms with E-state index in [1.54, 1.807) is 0 Å². The summed E-state index contributed by atoms with van der Waals surface area (Å²) in [7, 11) is 0. The van der Waals surface area contributed by atoms with E-state index in [4.69, 9.17) is 10.5 Å². The van der Waals surface area contributed by atoms with Crippen LogP contribution in [0.5, 0.6) is 11.5 Å². The molecule has 1 heterocycles.